The predicted molar refractivity (Wildman–Crippen MR) is 70.4 cm³/mol. The Morgan fingerprint density at radius 3 is 2.56 bits per heavy atom. The zero-order chi connectivity index (χ0) is 10.9. The van der Waals surface area contributed by atoms with E-state index in [1.165, 1.54) is 64.5 Å². The number of rotatable bonds is 7. The van der Waals surface area contributed by atoms with Crippen molar-refractivity contribution in [1.82, 2.24) is 4.90 Å². The zero-order valence-electron chi connectivity index (χ0n) is 11.0. The molecule has 1 rings (SSSR count). The van der Waals surface area contributed by atoms with E-state index in [-0.39, 0.29) is 4.70 Å². The van der Waals surface area contributed by atoms with Crippen LogP contribution in [0.4, 0.5) is 4.70 Å². The van der Waals surface area contributed by atoms with Gasteiger partial charge in [0.1, 0.15) is 0 Å². The lowest BCUT2D eigenvalue weighted by molar-refractivity contribution is 0.381. The summed E-state index contributed by atoms with van der Waals surface area (Å²) < 4.78 is 0. The molecule has 0 atom stereocenters. The molecule has 96 valence electrons. The maximum absolute atomic E-state index is 2.61. The first kappa shape index (κ1) is 15.5. The molecule has 1 aliphatic rings. The summed E-state index contributed by atoms with van der Waals surface area (Å²) in [5, 5.41) is 0. The molecule has 1 fully saturated rings. The first-order valence-electron chi connectivity index (χ1n) is 6.82. The van der Waals surface area contributed by atoms with Crippen molar-refractivity contribution in [2.75, 3.05) is 13.1 Å². The number of unbranched alkanes of at least 4 members (excludes halogenated alkanes) is 4. The first-order chi connectivity index (χ1) is 7.38. The molecule has 0 amide bonds. The molecule has 16 heavy (non-hydrogen) atoms. The van der Waals surface area contributed by atoms with Gasteiger partial charge in [0.2, 0.25) is 0 Å². The molecule has 0 bridgehead atoms. The second-order valence-corrected chi connectivity index (χ2v) is 4.64. The highest BCUT2D eigenvalue weighted by Crippen LogP contribution is 2.22. The monoisotopic (exact) mass is 229 g/mol. The van der Waals surface area contributed by atoms with Crippen molar-refractivity contribution in [2.24, 2.45) is 0 Å². The third-order valence-corrected chi connectivity index (χ3v) is 3.24. The minimum Gasteiger partial charge on any atom is -0.375 e. The van der Waals surface area contributed by atoms with Gasteiger partial charge in [-0.1, -0.05) is 39.2 Å². The van der Waals surface area contributed by atoms with Crippen LogP contribution >= 0.6 is 0 Å². The van der Waals surface area contributed by atoms with Gasteiger partial charge in [0.05, 0.1) is 0 Å². The molecule has 0 unspecified atom stereocenters. The smallest absolute Gasteiger partial charge is 0.0178 e. The molecule has 0 N–H and O–H groups in total. The Bertz CT molecular complexity index is 189. The van der Waals surface area contributed by atoms with Crippen LogP contribution in [0.5, 0.6) is 0 Å². The lowest BCUT2D eigenvalue weighted by atomic mass is 10.1. The Kier molecular flexibility index (Phi) is 9.36. The van der Waals surface area contributed by atoms with Crippen molar-refractivity contribution < 1.29 is 4.70 Å². The fraction of sp³-hybridized carbons (Fsp3) is 0.857. The molecule has 2 heteroatoms. The van der Waals surface area contributed by atoms with E-state index in [4.69, 9.17) is 0 Å². The van der Waals surface area contributed by atoms with Crippen LogP contribution in [0.1, 0.15) is 65.2 Å². The Balaban J connectivity index is 0.00000225. The van der Waals surface area contributed by atoms with Gasteiger partial charge in [-0.2, -0.15) is 0 Å². The van der Waals surface area contributed by atoms with Crippen molar-refractivity contribution in [1.29, 1.82) is 0 Å². The summed E-state index contributed by atoms with van der Waals surface area (Å²) >= 11 is 0. The van der Waals surface area contributed by atoms with E-state index in [2.05, 4.69) is 24.8 Å². The van der Waals surface area contributed by atoms with Gasteiger partial charge in [-0.05, 0) is 32.1 Å². The van der Waals surface area contributed by atoms with E-state index in [0.717, 1.165) is 0 Å². The SMILES string of the molecule is CCCCCC=C1CCCN1CCCC.F. The van der Waals surface area contributed by atoms with E-state index in [0.29, 0.717) is 0 Å². The van der Waals surface area contributed by atoms with Gasteiger partial charge < -0.3 is 4.90 Å². The number of nitrogens with zero attached hydrogens (tertiary/aromatic N) is 1. The molecule has 0 saturated carbocycles. The van der Waals surface area contributed by atoms with Gasteiger partial charge in [-0.15, -0.1) is 0 Å². The van der Waals surface area contributed by atoms with Crippen molar-refractivity contribution in [3.63, 3.8) is 0 Å². The molecule has 0 radical (unpaired) electrons. The average Bonchev–Trinajstić information content (AvgIpc) is 2.69. The molecular formula is C14H28FN. The Labute approximate surface area is 100 Å². The van der Waals surface area contributed by atoms with Crippen molar-refractivity contribution >= 4 is 0 Å². The second kappa shape index (κ2) is 9.68. The molecule has 0 spiro atoms. The summed E-state index contributed by atoms with van der Waals surface area (Å²) in [6.07, 6.45) is 13.3. The lowest BCUT2D eigenvalue weighted by Gasteiger charge is -2.19. The molecule has 0 aliphatic carbocycles. The molecule has 0 aromatic rings. The molecule has 1 saturated heterocycles. The number of allylic oxidation sites excluding steroid dienone is 2. The Morgan fingerprint density at radius 2 is 1.88 bits per heavy atom. The summed E-state index contributed by atoms with van der Waals surface area (Å²) in [4.78, 5) is 2.61. The molecule has 1 nitrogen and oxygen atoms in total. The third kappa shape index (κ3) is 5.53. The van der Waals surface area contributed by atoms with Crippen LogP contribution in [0.25, 0.3) is 0 Å². The quantitative estimate of drug-likeness (QED) is 0.581. The van der Waals surface area contributed by atoms with Crippen LogP contribution in [-0.2, 0) is 0 Å². The van der Waals surface area contributed by atoms with Crippen LogP contribution in [0.2, 0.25) is 0 Å². The van der Waals surface area contributed by atoms with Crippen LogP contribution in [0, 0.1) is 0 Å². The zero-order valence-corrected chi connectivity index (χ0v) is 11.0. The Hall–Kier alpha value is -0.530. The first-order valence-corrected chi connectivity index (χ1v) is 6.82. The maximum Gasteiger partial charge on any atom is 0.0178 e. The van der Waals surface area contributed by atoms with Gasteiger partial charge in [0, 0.05) is 18.8 Å². The molecule has 1 heterocycles. The summed E-state index contributed by atoms with van der Waals surface area (Å²) in [6.45, 7) is 7.15. The van der Waals surface area contributed by atoms with Gasteiger partial charge in [-0.25, -0.2) is 0 Å². The van der Waals surface area contributed by atoms with Crippen LogP contribution in [-0.4, -0.2) is 18.0 Å². The number of hydrogen-bond donors (Lipinski definition) is 0. The number of halogens is 1. The minimum absolute atomic E-state index is 0. The van der Waals surface area contributed by atoms with E-state index < -0.39 is 0 Å². The molecular weight excluding hydrogens is 201 g/mol. The van der Waals surface area contributed by atoms with Gasteiger partial charge >= 0.3 is 0 Å². The topological polar surface area (TPSA) is 3.24 Å². The summed E-state index contributed by atoms with van der Waals surface area (Å²) in [5.41, 5.74) is 1.64. The van der Waals surface area contributed by atoms with E-state index in [1.807, 2.05) is 0 Å². The second-order valence-electron chi connectivity index (χ2n) is 4.64. The summed E-state index contributed by atoms with van der Waals surface area (Å²) in [5.74, 6) is 0. The van der Waals surface area contributed by atoms with E-state index in [1.54, 1.807) is 5.70 Å². The van der Waals surface area contributed by atoms with Crippen LogP contribution in [0.3, 0.4) is 0 Å². The van der Waals surface area contributed by atoms with Crippen molar-refractivity contribution in [3.05, 3.63) is 11.8 Å². The van der Waals surface area contributed by atoms with Crippen molar-refractivity contribution in [3.8, 4) is 0 Å². The highest BCUT2D eigenvalue weighted by atomic mass is 19.0. The van der Waals surface area contributed by atoms with Crippen molar-refractivity contribution in [2.45, 2.75) is 65.2 Å². The lowest BCUT2D eigenvalue weighted by Crippen LogP contribution is -2.18. The van der Waals surface area contributed by atoms with Gasteiger partial charge in [-0.3, -0.25) is 4.70 Å². The van der Waals surface area contributed by atoms with E-state index in [9.17, 15) is 0 Å². The van der Waals surface area contributed by atoms with Gasteiger partial charge in [0.15, 0.2) is 0 Å². The largest absolute Gasteiger partial charge is 0.375 e. The molecule has 1 aliphatic heterocycles. The summed E-state index contributed by atoms with van der Waals surface area (Å²) in [6, 6.07) is 0. The standard InChI is InChI=1S/C14H27N.FH/c1-3-5-7-8-10-14-11-9-13-15(14)12-6-4-2;/h10H,3-9,11-13H2,1-2H3;1H. The maximum atomic E-state index is 2.61. The minimum atomic E-state index is 0. The van der Waals surface area contributed by atoms with Crippen LogP contribution < -0.4 is 0 Å². The van der Waals surface area contributed by atoms with Gasteiger partial charge in [0.25, 0.3) is 0 Å². The fourth-order valence-corrected chi connectivity index (χ4v) is 2.25. The third-order valence-electron chi connectivity index (χ3n) is 3.24. The highest BCUT2D eigenvalue weighted by Gasteiger charge is 2.14. The Morgan fingerprint density at radius 1 is 1.12 bits per heavy atom. The average molecular weight is 229 g/mol. The summed E-state index contributed by atoms with van der Waals surface area (Å²) in [7, 11) is 0. The van der Waals surface area contributed by atoms with E-state index >= 15 is 0 Å². The normalized spacial score (nSPS) is 17.9. The number of likely N-dealkylation sites (tertiary alicyclic amines) is 1. The highest BCUT2D eigenvalue weighted by molar-refractivity contribution is 5.05. The number of hydrogen-bond acceptors (Lipinski definition) is 1. The molecule has 0 aromatic heterocycles. The molecule has 0 aromatic carbocycles. The fourth-order valence-electron chi connectivity index (χ4n) is 2.25. The predicted octanol–water partition coefficient (Wildman–Crippen LogP) is 4.50. The van der Waals surface area contributed by atoms with Crippen LogP contribution in [0.15, 0.2) is 11.8 Å².